The first-order valence-electron chi connectivity index (χ1n) is 9.29. The molecule has 0 unspecified atom stereocenters. The molecule has 0 aromatic heterocycles. The third kappa shape index (κ3) is 6.05. The Morgan fingerprint density at radius 2 is 1.71 bits per heavy atom. The van der Waals surface area contributed by atoms with Gasteiger partial charge in [-0.2, -0.15) is 0 Å². The lowest BCUT2D eigenvalue weighted by atomic mass is 10.1. The number of rotatable bonds is 7. The van der Waals surface area contributed by atoms with Crippen LogP contribution in [0.4, 0.5) is 15.8 Å². The number of aryl methyl sites for hydroxylation is 1. The number of methoxy groups -OCH3 is 1. The summed E-state index contributed by atoms with van der Waals surface area (Å²) in [6.07, 6.45) is 0. The molecule has 8 heteroatoms. The Balaban J connectivity index is 1.64. The van der Waals surface area contributed by atoms with Crippen molar-refractivity contribution in [2.75, 3.05) is 24.4 Å². The first-order valence-corrected chi connectivity index (χ1v) is 10.1. The van der Waals surface area contributed by atoms with Crippen molar-refractivity contribution in [1.82, 2.24) is 0 Å². The van der Waals surface area contributed by atoms with Crippen LogP contribution in [-0.2, 0) is 4.79 Å². The Morgan fingerprint density at radius 3 is 2.39 bits per heavy atom. The second-order valence-corrected chi connectivity index (χ2v) is 7.54. The summed E-state index contributed by atoms with van der Waals surface area (Å²) < 4.78 is 24.7. The molecule has 6 nitrogen and oxygen atoms in total. The second-order valence-electron chi connectivity index (χ2n) is 6.62. The molecule has 0 fully saturated rings. The SMILES string of the molecule is COc1cc(C(=O)Nc2ccc(Br)cc2C)ccc1OCC(=O)Nc1ccc(F)cc1. The van der Waals surface area contributed by atoms with E-state index in [2.05, 4.69) is 26.6 Å². The first-order chi connectivity index (χ1) is 14.9. The predicted octanol–water partition coefficient (Wildman–Crippen LogP) is 5.18. The van der Waals surface area contributed by atoms with E-state index < -0.39 is 11.7 Å². The Labute approximate surface area is 187 Å². The molecule has 0 aliphatic rings. The zero-order chi connectivity index (χ0) is 22.4. The van der Waals surface area contributed by atoms with Crippen LogP contribution in [-0.4, -0.2) is 25.5 Å². The molecule has 0 bridgehead atoms. The van der Waals surface area contributed by atoms with Crippen molar-refractivity contribution in [3.8, 4) is 11.5 Å². The van der Waals surface area contributed by atoms with E-state index in [0.717, 1.165) is 10.0 Å². The minimum Gasteiger partial charge on any atom is -0.493 e. The number of carbonyl (C=O) groups is 2. The topological polar surface area (TPSA) is 76.7 Å². The predicted molar refractivity (Wildman–Crippen MR) is 120 cm³/mol. The van der Waals surface area contributed by atoms with E-state index in [1.54, 1.807) is 12.1 Å². The summed E-state index contributed by atoms with van der Waals surface area (Å²) in [5.74, 6) is -0.480. The van der Waals surface area contributed by atoms with E-state index in [-0.39, 0.29) is 12.5 Å². The molecule has 2 amide bonds. The molecule has 3 aromatic rings. The molecule has 0 radical (unpaired) electrons. The minimum absolute atomic E-state index is 0.280. The smallest absolute Gasteiger partial charge is 0.262 e. The third-order valence-corrected chi connectivity index (χ3v) is 4.84. The van der Waals surface area contributed by atoms with Crippen LogP contribution in [0.2, 0.25) is 0 Å². The van der Waals surface area contributed by atoms with Crippen molar-refractivity contribution >= 4 is 39.1 Å². The van der Waals surface area contributed by atoms with E-state index in [1.807, 2.05) is 25.1 Å². The molecule has 0 aliphatic heterocycles. The maximum atomic E-state index is 12.9. The van der Waals surface area contributed by atoms with Crippen LogP contribution >= 0.6 is 15.9 Å². The van der Waals surface area contributed by atoms with Gasteiger partial charge in [0.1, 0.15) is 5.82 Å². The van der Waals surface area contributed by atoms with Gasteiger partial charge in [-0.15, -0.1) is 0 Å². The van der Waals surface area contributed by atoms with Gasteiger partial charge in [-0.25, -0.2) is 4.39 Å². The number of nitrogens with one attached hydrogen (secondary N) is 2. The number of carbonyl (C=O) groups excluding carboxylic acids is 2. The molecule has 0 spiro atoms. The van der Waals surface area contributed by atoms with E-state index in [4.69, 9.17) is 9.47 Å². The quantitative estimate of drug-likeness (QED) is 0.482. The number of anilines is 2. The molecule has 0 saturated carbocycles. The van der Waals surface area contributed by atoms with Crippen molar-refractivity contribution in [1.29, 1.82) is 0 Å². The van der Waals surface area contributed by atoms with Crippen molar-refractivity contribution in [2.24, 2.45) is 0 Å². The number of amides is 2. The zero-order valence-corrected chi connectivity index (χ0v) is 18.5. The standard InChI is InChI=1S/C23H20BrFN2O4/c1-14-11-16(24)4-9-19(14)27-23(29)15-3-10-20(21(12-15)30-2)31-13-22(28)26-18-7-5-17(25)6-8-18/h3-12H,13H2,1-2H3,(H,26,28)(H,27,29). The summed E-state index contributed by atoms with van der Waals surface area (Å²) >= 11 is 3.39. The average Bonchev–Trinajstić information content (AvgIpc) is 2.75. The van der Waals surface area contributed by atoms with E-state index in [9.17, 15) is 14.0 Å². The van der Waals surface area contributed by atoms with Gasteiger partial charge < -0.3 is 20.1 Å². The van der Waals surface area contributed by atoms with Gasteiger partial charge in [0.25, 0.3) is 11.8 Å². The van der Waals surface area contributed by atoms with Crippen LogP contribution in [0.1, 0.15) is 15.9 Å². The lowest BCUT2D eigenvalue weighted by Crippen LogP contribution is -2.20. The van der Waals surface area contributed by atoms with Crippen LogP contribution in [0.3, 0.4) is 0 Å². The third-order valence-electron chi connectivity index (χ3n) is 4.35. The van der Waals surface area contributed by atoms with Crippen LogP contribution in [0, 0.1) is 12.7 Å². The summed E-state index contributed by atoms with van der Waals surface area (Å²) in [5, 5.41) is 5.46. The monoisotopic (exact) mass is 486 g/mol. The molecule has 3 aromatic carbocycles. The molecule has 0 aliphatic carbocycles. The fourth-order valence-corrected chi connectivity index (χ4v) is 3.24. The lowest BCUT2D eigenvalue weighted by Gasteiger charge is -2.13. The van der Waals surface area contributed by atoms with E-state index in [1.165, 1.54) is 37.4 Å². The van der Waals surface area contributed by atoms with Crippen molar-refractivity contribution in [2.45, 2.75) is 6.92 Å². The Kier molecular flexibility index (Phi) is 7.25. The highest BCUT2D eigenvalue weighted by Gasteiger charge is 2.14. The minimum atomic E-state index is -0.416. The molecule has 2 N–H and O–H groups in total. The van der Waals surface area contributed by atoms with Crippen LogP contribution in [0.25, 0.3) is 0 Å². The van der Waals surface area contributed by atoms with E-state index >= 15 is 0 Å². The van der Waals surface area contributed by atoms with Gasteiger partial charge in [0.05, 0.1) is 7.11 Å². The maximum Gasteiger partial charge on any atom is 0.262 e. The number of hydrogen-bond donors (Lipinski definition) is 2. The molecule has 3 rings (SSSR count). The Morgan fingerprint density at radius 1 is 0.968 bits per heavy atom. The second kappa shape index (κ2) is 10.1. The highest BCUT2D eigenvalue weighted by Crippen LogP contribution is 2.29. The van der Waals surface area contributed by atoms with Gasteiger partial charge in [-0.3, -0.25) is 9.59 Å². The molecule has 0 saturated heterocycles. The first kappa shape index (κ1) is 22.3. The van der Waals surface area contributed by atoms with Gasteiger partial charge in [-0.1, -0.05) is 15.9 Å². The Bertz CT molecular complexity index is 1100. The highest BCUT2D eigenvalue weighted by molar-refractivity contribution is 9.10. The maximum absolute atomic E-state index is 12.9. The van der Waals surface area contributed by atoms with E-state index in [0.29, 0.717) is 28.4 Å². The van der Waals surface area contributed by atoms with Gasteiger partial charge in [0, 0.05) is 21.4 Å². The summed E-state index contributed by atoms with van der Waals surface area (Å²) in [5.41, 5.74) is 2.45. The summed E-state index contributed by atoms with van der Waals surface area (Å²) in [4.78, 5) is 24.7. The van der Waals surface area contributed by atoms with Crippen LogP contribution in [0.5, 0.6) is 11.5 Å². The molecular weight excluding hydrogens is 467 g/mol. The molecular formula is C23H20BrFN2O4. The fourth-order valence-electron chi connectivity index (χ4n) is 2.76. The normalized spacial score (nSPS) is 10.3. The van der Waals surface area contributed by atoms with Crippen LogP contribution < -0.4 is 20.1 Å². The Hall–Kier alpha value is -3.39. The number of benzene rings is 3. The molecule has 0 atom stereocenters. The summed E-state index contributed by atoms with van der Waals surface area (Å²) in [6.45, 7) is 1.62. The van der Waals surface area contributed by atoms with Crippen LogP contribution in [0.15, 0.2) is 65.1 Å². The summed E-state index contributed by atoms with van der Waals surface area (Å²) in [7, 11) is 1.45. The van der Waals surface area contributed by atoms with Gasteiger partial charge in [-0.05, 0) is 73.2 Å². The number of hydrogen-bond acceptors (Lipinski definition) is 4. The molecule has 0 heterocycles. The average molecular weight is 487 g/mol. The lowest BCUT2D eigenvalue weighted by molar-refractivity contribution is -0.118. The van der Waals surface area contributed by atoms with Gasteiger partial charge >= 0.3 is 0 Å². The summed E-state index contributed by atoms with van der Waals surface area (Å²) in [6, 6.07) is 15.6. The van der Waals surface area contributed by atoms with Gasteiger partial charge in [0.2, 0.25) is 0 Å². The molecule has 31 heavy (non-hydrogen) atoms. The highest BCUT2D eigenvalue weighted by atomic mass is 79.9. The van der Waals surface area contributed by atoms with Crippen molar-refractivity contribution in [3.63, 3.8) is 0 Å². The fraction of sp³-hybridized carbons (Fsp3) is 0.130. The van der Waals surface area contributed by atoms with Crippen molar-refractivity contribution < 1.29 is 23.5 Å². The molecule has 160 valence electrons. The zero-order valence-electron chi connectivity index (χ0n) is 16.9. The largest absolute Gasteiger partial charge is 0.493 e. The number of ether oxygens (including phenoxy) is 2. The number of halogens is 2. The van der Waals surface area contributed by atoms with Gasteiger partial charge in [0.15, 0.2) is 18.1 Å². The van der Waals surface area contributed by atoms with Crippen molar-refractivity contribution in [3.05, 3.63) is 82.1 Å².